The highest BCUT2D eigenvalue weighted by Crippen LogP contribution is 2.45. The quantitative estimate of drug-likeness (QED) is 0.648. The normalized spacial score (nSPS) is 24.8. The Labute approximate surface area is 183 Å². The Hall–Kier alpha value is -1.40. The van der Waals surface area contributed by atoms with Gasteiger partial charge in [0.15, 0.2) is 5.78 Å². The first kappa shape index (κ1) is 21.8. The summed E-state index contributed by atoms with van der Waals surface area (Å²) in [7, 11) is -3.19. The maximum absolute atomic E-state index is 12.9. The lowest BCUT2D eigenvalue weighted by Gasteiger charge is -2.29. The predicted octanol–water partition coefficient (Wildman–Crippen LogP) is 2.76. The Morgan fingerprint density at radius 1 is 1.17 bits per heavy atom. The molecule has 0 N–H and O–H groups in total. The summed E-state index contributed by atoms with van der Waals surface area (Å²) in [5.74, 6) is 7.04. The standard InChI is InChI=1S/C22H30N2O4S2/c1-22(2)13-18-17(7-6-16-5-4-8-24(15-16)30(3,26)27)21(23-9-11-28-12-10-23)29-20(18)19(25)14-22/h16H,4-5,8-15H2,1-3H3. The fourth-order valence-corrected chi connectivity index (χ4v) is 6.73. The molecule has 3 heterocycles. The molecule has 0 saturated carbocycles. The van der Waals surface area contributed by atoms with Crippen LogP contribution in [0.3, 0.4) is 0 Å². The molecule has 4 rings (SSSR count). The molecule has 0 radical (unpaired) electrons. The van der Waals surface area contributed by atoms with E-state index < -0.39 is 10.0 Å². The lowest BCUT2D eigenvalue weighted by molar-refractivity contribution is 0.0917. The van der Waals surface area contributed by atoms with Crippen LogP contribution in [0.5, 0.6) is 0 Å². The minimum absolute atomic E-state index is 0.0221. The first-order chi connectivity index (χ1) is 14.1. The molecule has 0 aromatic carbocycles. The van der Waals surface area contributed by atoms with Gasteiger partial charge in [0.1, 0.15) is 5.00 Å². The summed E-state index contributed by atoms with van der Waals surface area (Å²) in [6.45, 7) is 8.28. The number of fused-ring (bicyclic) bond motifs is 1. The van der Waals surface area contributed by atoms with Gasteiger partial charge in [-0.2, -0.15) is 0 Å². The number of morpholine rings is 1. The number of anilines is 1. The van der Waals surface area contributed by atoms with Crippen molar-refractivity contribution in [1.29, 1.82) is 0 Å². The van der Waals surface area contributed by atoms with Gasteiger partial charge in [-0.15, -0.1) is 11.3 Å². The summed E-state index contributed by atoms with van der Waals surface area (Å²) >= 11 is 1.58. The van der Waals surface area contributed by atoms with Crippen LogP contribution in [0.4, 0.5) is 5.00 Å². The molecule has 2 fully saturated rings. The zero-order valence-electron chi connectivity index (χ0n) is 18.0. The number of piperidine rings is 1. The number of nitrogens with zero attached hydrogens (tertiary/aromatic N) is 2. The van der Waals surface area contributed by atoms with E-state index in [1.165, 1.54) is 10.6 Å². The largest absolute Gasteiger partial charge is 0.378 e. The molecule has 1 aliphatic carbocycles. The number of rotatable bonds is 2. The number of carbonyl (C=O) groups is 1. The zero-order valence-corrected chi connectivity index (χ0v) is 19.6. The number of hydrogen-bond acceptors (Lipinski definition) is 6. The topological polar surface area (TPSA) is 66.9 Å². The van der Waals surface area contributed by atoms with E-state index in [2.05, 4.69) is 30.6 Å². The average Bonchev–Trinajstić information content (AvgIpc) is 3.04. The molecule has 0 spiro atoms. The van der Waals surface area contributed by atoms with Crippen molar-refractivity contribution in [2.45, 2.75) is 39.5 Å². The van der Waals surface area contributed by atoms with E-state index >= 15 is 0 Å². The minimum atomic E-state index is -3.19. The molecule has 1 aromatic heterocycles. The van der Waals surface area contributed by atoms with Gasteiger partial charge in [0.05, 0.1) is 29.9 Å². The molecule has 1 aromatic rings. The van der Waals surface area contributed by atoms with Crippen LogP contribution < -0.4 is 4.90 Å². The van der Waals surface area contributed by atoms with Gasteiger partial charge in [-0.05, 0) is 30.2 Å². The molecule has 2 aliphatic heterocycles. The first-order valence-corrected chi connectivity index (χ1v) is 13.3. The van der Waals surface area contributed by atoms with E-state index in [-0.39, 0.29) is 17.1 Å². The van der Waals surface area contributed by atoms with Crippen LogP contribution in [0.2, 0.25) is 0 Å². The molecule has 0 amide bonds. The van der Waals surface area contributed by atoms with E-state index in [1.54, 1.807) is 11.3 Å². The second-order valence-electron chi connectivity index (χ2n) is 9.36. The summed E-state index contributed by atoms with van der Waals surface area (Å²) in [5, 5.41) is 1.08. The number of carbonyl (C=O) groups excluding carboxylic acids is 1. The summed E-state index contributed by atoms with van der Waals surface area (Å²) in [5.41, 5.74) is 2.00. The van der Waals surface area contributed by atoms with Crippen LogP contribution in [0.1, 0.15) is 53.9 Å². The van der Waals surface area contributed by atoms with Crippen LogP contribution in [-0.2, 0) is 21.2 Å². The van der Waals surface area contributed by atoms with Crippen LogP contribution in [0, 0.1) is 23.2 Å². The molecule has 30 heavy (non-hydrogen) atoms. The zero-order chi connectivity index (χ0) is 21.5. The second-order valence-corrected chi connectivity index (χ2v) is 12.3. The lowest BCUT2D eigenvalue weighted by atomic mass is 9.75. The monoisotopic (exact) mass is 450 g/mol. The van der Waals surface area contributed by atoms with Crippen LogP contribution in [-0.4, -0.2) is 64.2 Å². The van der Waals surface area contributed by atoms with Crippen molar-refractivity contribution in [1.82, 2.24) is 4.31 Å². The molecule has 3 aliphatic rings. The van der Waals surface area contributed by atoms with Gasteiger partial charge in [-0.25, -0.2) is 12.7 Å². The van der Waals surface area contributed by atoms with Gasteiger partial charge in [0, 0.05) is 38.5 Å². The van der Waals surface area contributed by atoms with Crippen molar-refractivity contribution >= 4 is 32.1 Å². The predicted molar refractivity (Wildman–Crippen MR) is 120 cm³/mol. The number of ketones is 1. The van der Waals surface area contributed by atoms with E-state index in [4.69, 9.17) is 4.74 Å². The van der Waals surface area contributed by atoms with Gasteiger partial charge >= 0.3 is 0 Å². The second kappa shape index (κ2) is 8.27. The molecular formula is C22H30N2O4S2. The summed E-state index contributed by atoms with van der Waals surface area (Å²) in [6, 6.07) is 0. The average molecular weight is 451 g/mol. The van der Waals surface area contributed by atoms with Gasteiger partial charge < -0.3 is 9.64 Å². The molecule has 1 unspecified atom stereocenters. The number of sulfonamides is 1. The summed E-state index contributed by atoms with van der Waals surface area (Å²) < 4.78 is 30.9. The molecule has 1 atom stereocenters. The highest BCUT2D eigenvalue weighted by molar-refractivity contribution is 7.88. The van der Waals surface area contributed by atoms with E-state index in [0.717, 1.165) is 53.4 Å². The molecule has 2 saturated heterocycles. The van der Waals surface area contributed by atoms with E-state index in [9.17, 15) is 13.2 Å². The number of hydrogen-bond donors (Lipinski definition) is 0. The fraction of sp³-hybridized carbons (Fsp3) is 0.682. The van der Waals surface area contributed by atoms with Gasteiger partial charge in [0.2, 0.25) is 10.0 Å². The smallest absolute Gasteiger partial charge is 0.211 e. The van der Waals surface area contributed by atoms with Gasteiger partial charge in [-0.3, -0.25) is 4.79 Å². The molecule has 164 valence electrons. The lowest BCUT2D eigenvalue weighted by Crippen LogP contribution is -2.38. The van der Waals surface area contributed by atoms with Crippen molar-refractivity contribution < 1.29 is 17.9 Å². The Balaban J connectivity index is 1.70. The maximum Gasteiger partial charge on any atom is 0.211 e. The third kappa shape index (κ3) is 4.59. The molecule has 0 bridgehead atoms. The number of Topliss-reactive ketones (excluding diaryl/α,β-unsaturated/α-hetero) is 1. The summed E-state index contributed by atoms with van der Waals surface area (Å²) in [4.78, 5) is 16.0. The Bertz CT molecular complexity index is 994. The van der Waals surface area contributed by atoms with Crippen molar-refractivity contribution in [3.8, 4) is 11.8 Å². The van der Waals surface area contributed by atoms with Crippen LogP contribution in [0.15, 0.2) is 0 Å². The van der Waals surface area contributed by atoms with Crippen molar-refractivity contribution in [3.63, 3.8) is 0 Å². The fourth-order valence-electron chi connectivity index (χ4n) is 4.56. The van der Waals surface area contributed by atoms with Gasteiger partial charge in [-0.1, -0.05) is 25.7 Å². The summed E-state index contributed by atoms with van der Waals surface area (Å²) in [6.07, 6.45) is 4.42. The highest BCUT2D eigenvalue weighted by Gasteiger charge is 2.36. The Morgan fingerprint density at radius 2 is 1.90 bits per heavy atom. The third-order valence-corrected chi connectivity index (χ3v) is 8.69. The molecule has 6 nitrogen and oxygen atoms in total. The third-order valence-electron chi connectivity index (χ3n) is 6.09. The van der Waals surface area contributed by atoms with E-state index in [1.807, 2.05) is 0 Å². The van der Waals surface area contributed by atoms with Crippen molar-refractivity contribution in [2.24, 2.45) is 11.3 Å². The maximum atomic E-state index is 12.9. The highest BCUT2D eigenvalue weighted by atomic mass is 32.2. The molecule has 8 heteroatoms. The van der Waals surface area contributed by atoms with E-state index in [0.29, 0.717) is 32.7 Å². The van der Waals surface area contributed by atoms with Crippen LogP contribution in [0.25, 0.3) is 0 Å². The number of ether oxygens (including phenoxy) is 1. The number of thiophene rings is 1. The van der Waals surface area contributed by atoms with Gasteiger partial charge in [0.25, 0.3) is 0 Å². The first-order valence-electron chi connectivity index (χ1n) is 10.6. The minimum Gasteiger partial charge on any atom is -0.378 e. The SMILES string of the molecule is CC1(C)CC(=O)c2sc(N3CCOCC3)c(C#CC3CCCN(S(C)(=O)=O)C3)c2C1. The Morgan fingerprint density at radius 3 is 2.60 bits per heavy atom. The van der Waals surface area contributed by atoms with Crippen molar-refractivity contribution in [3.05, 3.63) is 16.0 Å². The van der Waals surface area contributed by atoms with Crippen molar-refractivity contribution in [2.75, 3.05) is 50.5 Å². The van der Waals surface area contributed by atoms with Crippen LogP contribution >= 0.6 is 11.3 Å². The molecular weight excluding hydrogens is 420 g/mol. The Kier molecular flexibility index (Phi) is 6.01.